The summed E-state index contributed by atoms with van der Waals surface area (Å²) in [6.45, 7) is 5.45. The molecule has 1 unspecified atom stereocenters. The van der Waals surface area contributed by atoms with Gasteiger partial charge in [-0.05, 0) is 25.0 Å². The van der Waals surface area contributed by atoms with Crippen molar-refractivity contribution in [3.05, 3.63) is 51.5 Å². The maximum Gasteiger partial charge on any atom is 0.330 e. The van der Waals surface area contributed by atoms with E-state index >= 15 is 0 Å². The van der Waals surface area contributed by atoms with Gasteiger partial charge in [-0.1, -0.05) is 26.0 Å². The van der Waals surface area contributed by atoms with Gasteiger partial charge in [-0.25, -0.2) is 9.78 Å². The van der Waals surface area contributed by atoms with E-state index < -0.39 is 23.8 Å². The summed E-state index contributed by atoms with van der Waals surface area (Å²) in [5, 5.41) is 2.70. The number of aromatic nitrogens is 1. The van der Waals surface area contributed by atoms with Gasteiger partial charge in [-0.3, -0.25) is 14.5 Å². The number of thiazole rings is 1. The van der Waals surface area contributed by atoms with Gasteiger partial charge in [0.1, 0.15) is 12.6 Å². The van der Waals surface area contributed by atoms with Gasteiger partial charge >= 0.3 is 5.97 Å². The van der Waals surface area contributed by atoms with Crippen LogP contribution in [0.2, 0.25) is 0 Å². The van der Waals surface area contributed by atoms with Crippen LogP contribution in [0.25, 0.3) is 0 Å². The fourth-order valence-electron chi connectivity index (χ4n) is 2.84. The highest BCUT2D eigenvalue weighted by Crippen LogP contribution is 2.27. The molecule has 2 amide bonds. The number of esters is 1. The van der Waals surface area contributed by atoms with Crippen molar-refractivity contribution in [2.24, 2.45) is 5.92 Å². The molecule has 2 aromatic rings. The normalized spacial score (nSPS) is 14.8. The molecule has 0 fully saturated rings. The Labute approximate surface area is 149 Å². The molecule has 2 heterocycles. The van der Waals surface area contributed by atoms with Crippen molar-refractivity contribution in [3.63, 3.8) is 0 Å². The standard InChI is InChI=1S/C18H18N2O4S/c1-10(2)15(18(23)24-8-12-9-25-11(3)19-12)20-16(21)13-6-4-5-7-14(13)17(20)22/h4-7,9-10,15H,8H2,1-3H3. The summed E-state index contributed by atoms with van der Waals surface area (Å²) in [7, 11) is 0. The monoisotopic (exact) mass is 358 g/mol. The lowest BCUT2D eigenvalue weighted by molar-refractivity contribution is -0.151. The van der Waals surface area contributed by atoms with Crippen molar-refractivity contribution >= 4 is 29.1 Å². The summed E-state index contributed by atoms with van der Waals surface area (Å²) in [5.74, 6) is -1.79. The molecule has 1 aromatic carbocycles. The number of benzene rings is 1. The molecule has 1 aliphatic heterocycles. The number of fused-ring (bicyclic) bond motifs is 1. The first kappa shape index (κ1) is 17.3. The zero-order chi connectivity index (χ0) is 18.1. The van der Waals surface area contributed by atoms with Gasteiger partial charge in [0.25, 0.3) is 11.8 Å². The number of amides is 2. The lowest BCUT2D eigenvalue weighted by Crippen LogP contribution is -2.48. The number of ether oxygens (including phenoxy) is 1. The molecule has 0 aliphatic carbocycles. The van der Waals surface area contributed by atoms with Gasteiger partial charge in [0.15, 0.2) is 0 Å². The quantitative estimate of drug-likeness (QED) is 0.607. The predicted molar refractivity (Wildman–Crippen MR) is 92.2 cm³/mol. The van der Waals surface area contributed by atoms with E-state index in [2.05, 4.69) is 4.98 Å². The second kappa shape index (κ2) is 6.76. The molecule has 0 radical (unpaired) electrons. The predicted octanol–water partition coefficient (Wildman–Crippen LogP) is 2.82. The Balaban J connectivity index is 1.81. The van der Waals surface area contributed by atoms with Crippen molar-refractivity contribution in [2.75, 3.05) is 0 Å². The van der Waals surface area contributed by atoms with Crippen molar-refractivity contribution < 1.29 is 19.1 Å². The van der Waals surface area contributed by atoms with Crippen LogP contribution in [0.5, 0.6) is 0 Å². The fourth-order valence-corrected chi connectivity index (χ4v) is 3.44. The first-order valence-electron chi connectivity index (χ1n) is 7.94. The summed E-state index contributed by atoms with van der Waals surface area (Å²) in [6, 6.07) is 5.61. The molecule has 0 bridgehead atoms. The van der Waals surface area contributed by atoms with Gasteiger partial charge in [0.2, 0.25) is 0 Å². The molecule has 0 saturated heterocycles. The third-order valence-electron chi connectivity index (χ3n) is 4.01. The van der Waals surface area contributed by atoms with Crippen LogP contribution >= 0.6 is 11.3 Å². The number of nitrogens with zero attached hydrogens (tertiary/aromatic N) is 2. The lowest BCUT2D eigenvalue weighted by Gasteiger charge is -2.27. The fraction of sp³-hybridized carbons (Fsp3) is 0.333. The SMILES string of the molecule is Cc1nc(COC(=O)C(C(C)C)N2C(=O)c3ccccc3C2=O)cs1. The Morgan fingerprint density at radius 1 is 1.20 bits per heavy atom. The van der Waals surface area contributed by atoms with E-state index in [-0.39, 0.29) is 12.5 Å². The molecule has 1 aromatic heterocycles. The van der Waals surface area contributed by atoms with Gasteiger partial charge in [0, 0.05) is 5.38 Å². The van der Waals surface area contributed by atoms with Crippen LogP contribution in [0, 0.1) is 12.8 Å². The molecule has 1 atom stereocenters. The Hall–Kier alpha value is -2.54. The molecule has 0 spiro atoms. The third-order valence-corrected chi connectivity index (χ3v) is 4.83. The minimum absolute atomic E-state index is 0.0234. The molecule has 1 aliphatic rings. The Kier molecular flexibility index (Phi) is 4.67. The molecule has 3 rings (SSSR count). The van der Waals surface area contributed by atoms with E-state index in [0.29, 0.717) is 16.8 Å². The zero-order valence-corrected chi connectivity index (χ0v) is 15.0. The molecule has 0 saturated carbocycles. The van der Waals surface area contributed by atoms with Crippen LogP contribution in [0.4, 0.5) is 0 Å². The van der Waals surface area contributed by atoms with E-state index in [1.807, 2.05) is 12.3 Å². The summed E-state index contributed by atoms with van der Waals surface area (Å²) >= 11 is 1.47. The number of carbonyl (C=O) groups is 3. The van der Waals surface area contributed by atoms with Crippen LogP contribution in [-0.4, -0.2) is 33.7 Å². The average Bonchev–Trinajstić information content (AvgIpc) is 3.10. The summed E-state index contributed by atoms with van der Waals surface area (Å²) < 4.78 is 5.33. The van der Waals surface area contributed by atoms with Crippen LogP contribution in [0.1, 0.15) is 45.3 Å². The summed E-state index contributed by atoms with van der Waals surface area (Å²) in [5.41, 5.74) is 1.29. The van der Waals surface area contributed by atoms with E-state index in [0.717, 1.165) is 9.91 Å². The maximum absolute atomic E-state index is 12.6. The van der Waals surface area contributed by atoms with Crippen LogP contribution in [0.3, 0.4) is 0 Å². The van der Waals surface area contributed by atoms with Crippen molar-refractivity contribution in [3.8, 4) is 0 Å². The molecule has 6 nitrogen and oxygen atoms in total. The van der Waals surface area contributed by atoms with Gasteiger partial charge in [0.05, 0.1) is 21.8 Å². The number of aryl methyl sites for hydroxylation is 1. The second-order valence-electron chi connectivity index (χ2n) is 6.18. The number of rotatable bonds is 5. The number of hydrogen-bond acceptors (Lipinski definition) is 6. The third kappa shape index (κ3) is 3.19. The van der Waals surface area contributed by atoms with Gasteiger partial charge < -0.3 is 4.74 Å². The topological polar surface area (TPSA) is 76.6 Å². The van der Waals surface area contributed by atoms with E-state index in [9.17, 15) is 14.4 Å². The highest BCUT2D eigenvalue weighted by Gasteiger charge is 2.44. The van der Waals surface area contributed by atoms with Crippen molar-refractivity contribution in [2.45, 2.75) is 33.4 Å². The second-order valence-corrected chi connectivity index (χ2v) is 7.24. The van der Waals surface area contributed by atoms with Crippen LogP contribution < -0.4 is 0 Å². The molecule has 7 heteroatoms. The molecular formula is C18H18N2O4S. The highest BCUT2D eigenvalue weighted by molar-refractivity contribution is 7.09. The first-order valence-corrected chi connectivity index (χ1v) is 8.82. The van der Waals surface area contributed by atoms with E-state index in [1.54, 1.807) is 38.1 Å². The Morgan fingerprint density at radius 2 is 1.80 bits per heavy atom. The van der Waals surface area contributed by atoms with Gasteiger partial charge in [-0.15, -0.1) is 11.3 Å². The molecule has 0 N–H and O–H groups in total. The molecule has 25 heavy (non-hydrogen) atoms. The minimum atomic E-state index is -0.966. The lowest BCUT2D eigenvalue weighted by atomic mass is 10.0. The smallest absolute Gasteiger partial charge is 0.330 e. The highest BCUT2D eigenvalue weighted by atomic mass is 32.1. The molecule has 130 valence electrons. The Bertz CT molecular complexity index is 808. The minimum Gasteiger partial charge on any atom is -0.458 e. The average molecular weight is 358 g/mol. The van der Waals surface area contributed by atoms with Crippen molar-refractivity contribution in [1.82, 2.24) is 9.88 Å². The number of carbonyl (C=O) groups excluding carboxylic acids is 3. The number of hydrogen-bond donors (Lipinski definition) is 0. The van der Waals surface area contributed by atoms with Crippen LogP contribution in [0.15, 0.2) is 29.6 Å². The maximum atomic E-state index is 12.6. The van der Waals surface area contributed by atoms with Crippen molar-refractivity contribution in [1.29, 1.82) is 0 Å². The summed E-state index contributed by atoms with van der Waals surface area (Å²) in [6.07, 6.45) is 0. The number of imide groups is 1. The first-order chi connectivity index (χ1) is 11.9. The van der Waals surface area contributed by atoms with E-state index in [4.69, 9.17) is 4.74 Å². The zero-order valence-electron chi connectivity index (χ0n) is 14.2. The van der Waals surface area contributed by atoms with Crippen LogP contribution in [-0.2, 0) is 16.1 Å². The Morgan fingerprint density at radius 3 is 2.28 bits per heavy atom. The van der Waals surface area contributed by atoms with Gasteiger partial charge in [-0.2, -0.15) is 0 Å². The summed E-state index contributed by atoms with van der Waals surface area (Å²) in [4.78, 5) is 43.1. The largest absolute Gasteiger partial charge is 0.458 e. The molecular weight excluding hydrogens is 340 g/mol. The van der Waals surface area contributed by atoms with E-state index in [1.165, 1.54) is 11.3 Å².